The molecule has 1 aromatic heterocycles. The lowest BCUT2D eigenvalue weighted by atomic mass is 10.2. The van der Waals surface area contributed by atoms with E-state index in [9.17, 15) is 0 Å². The van der Waals surface area contributed by atoms with Gasteiger partial charge >= 0.3 is 0 Å². The Balaban J connectivity index is 2.66. The minimum atomic E-state index is 0.0367. The molecular weight excluding hydrogens is 188 g/mol. The van der Waals surface area contributed by atoms with Gasteiger partial charge in [0.25, 0.3) is 0 Å². The van der Waals surface area contributed by atoms with Gasteiger partial charge < -0.3 is 10.1 Å². The standard InChI is InChI=1S/C12H16N2O/c1-4-7-10(5-2)13-11-8-6-9-12(14-11)15-3/h2,6,8-10H,4,7H2,1,3H3,(H,13,14). The van der Waals surface area contributed by atoms with Crippen molar-refractivity contribution in [2.45, 2.75) is 25.8 Å². The maximum Gasteiger partial charge on any atom is 0.214 e. The number of anilines is 1. The third-order valence-electron chi connectivity index (χ3n) is 2.03. The van der Waals surface area contributed by atoms with Crippen LogP contribution >= 0.6 is 0 Å². The Morgan fingerprint density at radius 2 is 2.40 bits per heavy atom. The average molecular weight is 204 g/mol. The molecule has 80 valence electrons. The average Bonchev–Trinajstić information content (AvgIpc) is 2.29. The minimum Gasteiger partial charge on any atom is -0.481 e. The molecule has 1 aromatic rings. The second kappa shape index (κ2) is 5.92. The maximum atomic E-state index is 5.41. The number of pyridine rings is 1. The lowest BCUT2D eigenvalue weighted by Gasteiger charge is -2.12. The summed E-state index contributed by atoms with van der Waals surface area (Å²) in [5.41, 5.74) is 0. The lowest BCUT2D eigenvalue weighted by Crippen LogP contribution is -2.17. The number of terminal acetylenes is 1. The molecule has 1 N–H and O–H groups in total. The molecule has 3 nitrogen and oxygen atoms in total. The lowest BCUT2D eigenvalue weighted by molar-refractivity contribution is 0.398. The van der Waals surface area contributed by atoms with Crippen LogP contribution in [0.2, 0.25) is 0 Å². The Morgan fingerprint density at radius 3 is 3.00 bits per heavy atom. The molecule has 0 saturated carbocycles. The summed E-state index contributed by atoms with van der Waals surface area (Å²) < 4.78 is 5.03. The van der Waals surface area contributed by atoms with Crippen LogP contribution in [-0.2, 0) is 0 Å². The molecule has 0 saturated heterocycles. The zero-order valence-electron chi connectivity index (χ0n) is 9.16. The van der Waals surface area contributed by atoms with Gasteiger partial charge in [0.05, 0.1) is 13.2 Å². The van der Waals surface area contributed by atoms with Crippen LogP contribution in [0.25, 0.3) is 0 Å². The van der Waals surface area contributed by atoms with E-state index >= 15 is 0 Å². The molecule has 0 aliphatic carbocycles. The highest BCUT2D eigenvalue weighted by Gasteiger charge is 2.04. The first kappa shape index (κ1) is 11.4. The van der Waals surface area contributed by atoms with Crippen molar-refractivity contribution >= 4 is 5.82 Å². The van der Waals surface area contributed by atoms with Crippen molar-refractivity contribution in [1.29, 1.82) is 0 Å². The van der Waals surface area contributed by atoms with Crippen molar-refractivity contribution in [3.05, 3.63) is 18.2 Å². The van der Waals surface area contributed by atoms with Crippen molar-refractivity contribution < 1.29 is 4.74 Å². The van der Waals surface area contributed by atoms with E-state index in [4.69, 9.17) is 11.2 Å². The van der Waals surface area contributed by atoms with E-state index in [0.29, 0.717) is 5.88 Å². The van der Waals surface area contributed by atoms with E-state index < -0.39 is 0 Å². The van der Waals surface area contributed by atoms with Crippen molar-refractivity contribution in [3.8, 4) is 18.2 Å². The highest BCUT2D eigenvalue weighted by Crippen LogP contribution is 2.12. The first-order valence-electron chi connectivity index (χ1n) is 5.03. The fourth-order valence-corrected chi connectivity index (χ4v) is 1.27. The van der Waals surface area contributed by atoms with Gasteiger partial charge in [-0.3, -0.25) is 0 Å². The van der Waals surface area contributed by atoms with Gasteiger partial charge in [-0.05, 0) is 12.5 Å². The maximum absolute atomic E-state index is 5.41. The number of ether oxygens (including phenoxy) is 1. The summed E-state index contributed by atoms with van der Waals surface area (Å²) in [4.78, 5) is 4.23. The van der Waals surface area contributed by atoms with Gasteiger partial charge in [0.2, 0.25) is 5.88 Å². The quantitative estimate of drug-likeness (QED) is 0.747. The number of aromatic nitrogens is 1. The highest BCUT2D eigenvalue weighted by molar-refractivity contribution is 5.40. The largest absolute Gasteiger partial charge is 0.481 e. The zero-order valence-corrected chi connectivity index (χ0v) is 9.16. The Morgan fingerprint density at radius 1 is 1.60 bits per heavy atom. The van der Waals surface area contributed by atoms with Gasteiger partial charge in [-0.2, -0.15) is 4.98 Å². The van der Waals surface area contributed by atoms with Gasteiger partial charge in [-0.25, -0.2) is 0 Å². The molecule has 0 aliphatic rings. The molecule has 1 atom stereocenters. The van der Waals surface area contributed by atoms with E-state index in [1.54, 1.807) is 13.2 Å². The second-order valence-electron chi connectivity index (χ2n) is 3.22. The third kappa shape index (κ3) is 3.51. The fraction of sp³-hybridized carbons (Fsp3) is 0.417. The van der Waals surface area contributed by atoms with Gasteiger partial charge in [-0.1, -0.05) is 25.3 Å². The van der Waals surface area contributed by atoms with Gasteiger partial charge in [-0.15, -0.1) is 6.42 Å². The summed E-state index contributed by atoms with van der Waals surface area (Å²) in [5.74, 6) is 4.04. The molecule has 0 spiro atoms. The predicted molar refractivity (Wildman–Crippen MR) is 61.9 cm³/mol. The fourth-order valence-electron chi connectivity index (χ4n) is 1.27. The number of rotatable bonds is 5. The van der Waals surface area contributed by atoms with E-state index in [-0.39, 0.29) is 6.04 Å². The number of hydrogen-bond acceptors (Lipinski definition) is 3. The van der Waals surface area contributed by atoms with Gasteiger partial charge in [0.15, 0.2) is 0 Å². The molecule has 0 aromatic carbocycles. The van der Waals surface area contributed by atoms with Crippen LogP contribution in [0.3, 0.4) is 0 Å². The minimum absolute atomic E-state index is 0.0367. The molecule has 0 radical (unpaired) electrons. The summed E-state index contributed by atoms with van der Waals surface area (Å²) in [6.07, 6.45) is 7.39. The van der Waals surface area contributed by atoms with Crippen LogP contribution < -0.4 is 10.1 Å². The summed E-state index contributed by atoms with van der Waals surface area (Å²) >= 11 is 0. The molecule has 1 rings (SSSR count). The summed E-state index contributed by atoms with van der Waals surface area (Å²) in [5, 5.41) is 3.18. The summed E-state index contributed by atoms with van der Waals surface area (Å²) in [7, 11) is 1.59. The first-order chi connectivity index (χ1) is 7.30. The molecular formula is C12H16N2O. The molecule has 3 heteroatoms. The van der Waals surface area contributed by atoms with E-state index in [1.807, 2.05) is 12.1 Å². The Labute approximate surface area is 90.9 Å². The Kier molecular flexibility index (Phi) is 4.49. The number of methoxy groups -OCH3 is 1. The first-order valence-corrected chi connectivity index (χ1v) is 5.03. The van der Waals surface area contributed by atoms with Crippen molar-refractivity contribution in [1.82, 2.24) is 4.98 Å². The number of hydrogen-bond donors (Lipinski definition) is 1. The van der Waals surface area contributed by atoms with Crippen molar-refractivity contribution in [2.75, 3.05) is 12.4 Å². The summed E-state index contributed by atoms with van der Waals surface area (Å²) in [6.45, 7) is 2.10. The number of nitrogens with zero attached hydrogens (tertiary/aromatic N) is 1. The Bertz CT molecular complexity index is 344. The zero-order chi connectivity index (χ0) is 11.1. The van der Waals surface area contributed by atoms with Crippen LogP contribution in [0.5, 0.6) is 5.88 Å². The third-order valence-corrected chi connectivity index (χ3v) is 2.03. The molecule has 0 aliphatic heterocycles. The second-order valence-corrected chi connectivity index (χ2v) is 3.22. The highest BCUT2D eigenvalue weighted by atomic mass is 16.5. The monoisotopic (exact) mass is 204 g/mol. The van der Waals surface area contributed by atoms with Crippen LogP contribution in [0, 0.1) is 12.3 Å². The van der Waals surface area contributed by atoms with Crippen molar-refractivity contribution in [2.24, 2.45) is 0 Å². The normalized spacial score (nSPS) is 11.5. The molecule has 0 fully saturated rings. The van der Waals surface area contributed by atoms with Gasteiger partial charge in [0.1, 0.15) is 5.82 Å². The number of nitrogens with one attached hydrogen (secondary N) is 1. The smallest absolute Gasteiger partial charge is 0.214 e. The van der Waals surface area contributed by atoms with Crippen LogP contribution in [0.15, 0.2) is 18.2 Å². The predicted octanol–water partition coefficient (Wildman–Crippen LogP) is 2.30. The summed E-state index contributed by atoms with van der Waals surface area (Å²) in [6, 6.07) is 5.60. The van der Waals surface area contributed by atoms with E-state index in [1.165, 1.54) is 0 Å². The molecule has 1 heterocycles. The van der Waals surface area contributed by atoms with E-state index in [2.05, 4.69) is 23.1 Å². The van der Waals surface area contributed by atoms with Gasteiger partial charge in [0, 0.05) is 6.07 Å². The van der Waals surface area contributed by atoms with Crippen LogP contribution in [0.1, 0.15) is 19.8 Å². The van der Waals surface area contributed by atoms with Crippen LogP contribution in [-0.4, -0.2) is 18.1 Å². The SMILES string of the molecule is C#CC(CCC)Nc1cccc(OC)n1. The molecule has 15 heavy (non-hydrogen) atoms. The molecule has 0 bridgehead atoms. The van der Waals surface area contributed by atoms with E-state index in [0.717, 1.165) is 18.7 Å². The Hall–Kier alpha value is -1.69. The topological polar surface area (TPSA) is 34.1 Å². The van der Waals surface area contributed by atoms with Crippen LogP contribution in [0.4, 0.5) is 5.82 Å². The van der Waals surface area contributed by atoms with Crippen molar-refractivity contribution in [3.63, 3.8) is 0 Å². The molecule has 1 unspecified atom stereocenters. The molecule has 0 amide bonds.